The van der Waals surface area contributed by atoms with Crippen molar-refractivity contribution in [1.82, 2.24) is 8.87 Å². The second kappa shape index (κ2) is 8.57. The Balaban J connectivity index is 1.62. The van der Waals surface area contributed by atoms with Gasteiger partial charge in [-0.2, -0.15) is 9.30 Å². The summed E-state index contributed by atoms with van der Waals surface area (Å²) in [6.45, 7) is 2.47. The van der Waals surface area contributed by atoms with E-state index in [9.17, 15) is 13.2 Å². The molecule has 1 aliphatic heterocycles. The van der Waals surface area contributed by atoms with Crippen LogP contribution in [0.1, 0.15) is 36.5 Å². The predicted molar refractivity (Wildman–Crippen MR) is 121 cm³/mol. The normalized spacial score (nSPS) is 18.4. The Bertz CT molecular complexity index is 1290. The summed E-state index contributed by atoms with van der Waals surface area (Å²) in [6.07, 6.45) is 2.79. The van der Waals surface area contributed by atoms with Gasteiger partial charge in [-0.05, 0) is 62.2 Å². The summed E-state index contributed by atoms with van der Waals surface area (Å²) in [4.78, 5) is 17.7. The molecule has 0 aliphatic carbocycles. The molecule has 31 heavy (non-hydrogen) atoms. The zero-order valence-corrected chi connectivity index (χ0v) is 19.4. The number of piperidine rings is 1. The van der Waals surface area contributed by atoms with Crippen molar-refractivity contribution in [2.45, 2.75) is 37.1 Å². The van der Waals surface area contributed by atoms with Crippen LogP contribution in [-0.4, -0.2) is 42.9 Å². The molecule has 1 amide bonds. The second-order valence-electron chi connectivity index (χ2n) is 7.68. The number of rotatable bonds is 4. The summed E-state index contributed by atoms with van der Waals surface area (Å²) in [5, 5.41) is 0. The van der Waals surface area contributed by atoms with Crippen LogP contribution >= 0.6 is 11.3 Å². The van der Waals surface area contributed by atoms with Crippen LogP contribution in [0.5, 0.6) is 5.75 Å². The molecule has 2 heterocycles. The molecular formula is C22H25N3O4S2. The van der Waals surface area contributed by atoms with Crippen LogP contribution in [0.3, 0.4) is 0 Å². The number of thiazole rings is 1. The van der Waals surface area contributed by atoms with Gasteiger partial charge in [0.15, 0.2) is 4.80 Å². The minimum atomic E-state index is -3.57. The average molecular weight is 460 g/mol. The van der Waals surface area contributed by atoms with E-state index in [-0.39, 0.29) is 10.9 Å². The number of hydrogen-bond donors (Lipinski definition) is 0. The molecule has 0 saturated carbocycles. The van der Waals surface area contributed by atoms with E-state index in [1.807, 2.05) is 36.7 Å². The standard InChI is InChI=1S/C22H25N3O4S2/c1-15-6-4-5-13-25(15)31(27,28)18-10-7-16(8-11-18)21(26)23-22-24(2)19-12-9-17(29-3)14-20(19)30-22/h7-12,14-15H,4-6,13H2,1-3H3/t15-/m1/s1. The lowest BCUT2D eigenvalue weighted by Gasteiger charge is -2.32. The van der Waals surface area contributed by atoms with Crippen LogP contribution in [0.4, 0.5) is 0 Å². The van der Waals surface area contributed by atoms with Gasteiger partial charge in [0, 0.05) is 25.2 Å². The summed E-state index contributed by atoms with van der Waals surface area (Å²) in [6, 6.07) is 11.7. The van der Waals surface area contributed by atoms with Crippen molar-refractivity contribution in [3.8, 4) is 5.75 Å². The lowest BCUT2D eigenvalue weighted by molar-refractivity contribution is 0.0998. The number of ether oxygens (including phenoxy) is 1. The Morgan fingerprint density at radius 1 is 1.16 bits per heavy atom. The van der Waals surface area contributed by atoms with Gasteiger partial charge in [0.25, 0.3) is 5.91 Å². The van der Waals surface area contributed by atoms with Crippen LogP contribution in [0.25, 0.3) is 10.2 Å². The lowest BCUT2D eigenvalue weighted by atomic mass is 10.1. The van der Waals surface area contributed by atoms with Gasteiger partial charge in [0.2, 0.25) is 10.0 Å². The molecule has 2 aromatic carbocycles. The number of fused-ring (bicyclic) bond motifs is 1. The van der Waals surface area contributed by atoms with Gasteiger partial charge in [0.05, 0.1) is 22.2 Å². The molecule has 0 radical (unpaired) electrons. The third-order valence-electron chi connectivity index (χ3n) is 5.66. The van der Waals surface area contributed by atoms with E-state index < -0.39 is 15.9 Å². The highest BCUT2D eigenvalue weighted by molar-refractivity contribution is 7.89. The van der Waals surface area contributed by atoms with Gasteiger partial charge >= 0.3 is 0 Å². The Labute approximate surface area is 185 Å². The Morgan fingerprint density at radius 3 is 2.58 bits per heavy atom. The number of hydrogen-bond acceptors (Lipinski definition) is 5. The van der Waals surface area contributed by atoms with Crippen molar-refractivity contribution >= 4 is 37.5 Å². The maximum Gasteiger partial charge on any atom is 0.279 e. The van der Waals surface area contributed by atoms with Crippen molar-refractivity contribution in [1.29, 1.82) is 0 Å². The summed E-state index contributed by atoms with van der Waals surface area (Å²) in [5.41, 5.74) is 1.30. The van der Waals surface area contributed by atoms with Gasteiger partial charge in [-0.3, -0.25) is 4.79 Å². The van der Waals surface area contributed by atoms with Crippen LogP contribution in [-0.2, 0) is 17.1 Å². The van der Waals surface area contributed by atoms with Crippen LogP contribution in [0, 0.1) is 0 Å². The van der Waals surface area contributed by atoms with Crippen LogP contribution in [0.2, 0.25) is 0 Å². The Hall–Kier alpha value is -2.49. The molecule has 1 atom stereocenters. The third-order valence-corrected chi connectivity index (χ3v) is 8.79. The molecule has 7 nitrogen and oxygen atoms in total. The van der Waals surface area contributed by atoms with E-state index in [4.69, 9.17) is 4.74 Å². The number of carbonyl (C=O) groups is 1. The summed E-state index contributed by atoms with van der Waals surface area (Å²) >= 11 is 1.40. The summed E-state index contributed by atoms with van der Waals surface area (Å²) in [5.74, 6) is 0.330. The number of amides is 1. The molecule has 3 aromatic rings. The van der Waals surface area contributed by atoms with E-state index in [2.05, 4.69) is 4.99 Å². The van der Waals surface area contributed by atoms with E-state index in [0.29, 0.717) is 16.9 Å². The fraction of sp³-hybridized carbons (Fsp3) is 0.364. The van der Waals surface area contributed by atoms with Gasteiger partial charge in [-0.25, -0.2) is 8.42 Å². The molecule has 0 N–H and O–H groups in total. The predicted octanol–water partition coefficient (Wildman–Crippen LogP) is 3.55. The number of aryl methyl sites for hydroxylation is 1. The fourth-order valence-corrected chi connectivity index (χ4v) is 6.58. The van der Waals surface area contributed by atoms with Crippen LogP contribution < -0.4 is 9.54 Å². The SMILES string of the molecule is COc1ccc2c(c1)sc(=NC(=O)c1ccc(S(=O)(=O)N3CCCC[C@H]3C)cc1)n2C. The van der Waals surface area contributed by atoms with Crippen molar-refractivity contribution < 1.29 is 17.9 Å². The van der Waals surface area contributed by atoms with E-state index >= 15 is 0 Å². The van der Waals surface area contributed by atoms with Crippen LogP contribution in [0.15, 0.2) is 52.4 Å². The first-order valence-corrected chi connectivity index (χ1v) is 12.4. The van der Waals surface area contributed by atoms with E-state index in [0.717, 1.165) is 35.2 Å². The second-order valence-corrected chi connectivity index (χ2v) is 10.6. The van der Waals surface area contributed by atoms with Crippen molar-refractivity contribution in [3.05, 3.63) is 52.8 Å². The highest BCUT2D eigenvalue weighted by Gasteiger charge is 2.30. The zero-order chi connectivity index (χ0) is 22.2. The molecule has 1 aliphatic rings. The average Bonchev–Trinajstić information content (AvgIpc) is 3.08. The molecule has 0 unspecified atom stereocenters. The summed E-state index contributed by atoms with van der Waals surface area (Å²) < 4.78 is 35.6. The minimum Gasteiger partial charge on any atom is -0.497 e. The van der Waals surface area contributed by atoms with Gasteiger partial charge in [-0.15, -0.1) is 0 Å². The number of nitrogens with zero attached hydrogens (tertiary/aromatic N) is 3. The van der Waals surface area contributed by atoms with Crippen molar-refractivity contribution in [3.63, 3.8) is 0 Å². The number of sulfonamides is 1. The van der Waals surface area contributed by atoms with E-state index in [1.54, 1.807) is 11.4 Å². The molecule has 4 rings (SSSR count). The number of aromatic nitrogens is 1. The molecule has 0 bridgehead atoms. The molecule has 164 valence electrons. The Morgan fingerprint density at radius 2 is 1.90 bits per heavy atom. The van der Waals surface area contributed by atoms with Crippen molar-refractivity contribution in [2.75, 3.05) is 13.7 Å². The number of benzene rings is 2. The number of methoxy groups -OCH3 is 1. The monoisotopic (exact) mass is 459 g/mol. The minimum absolute atomic E-state index is 0.0124. The molecule has 0 spiro atoms. The lowest BCUT2D eigenvalue weighted by Crippen LogP contribution is -2.41. The zero-order valence-electron chi connectivity index (χ0n) is 17.7. The first-order chi connectivity index (χ1) is 14.8. The highest BCUT2D eigenvalue weighted by Crippen LogP contribution is 2.26. The first kappa shape index (κ1) is 21.7. The van der Waals surface area contributed by atoms with Gasteiger partial charge < -0.3 is 9.30 Å². The largest absolute Gasteiger partial charge is 0.497 e. The molecule has 1 aromatic heterocycles. The first-order valence-electron chi connectivity index (χ1n) is 10.2. The maximum atomic E-state index is 13.0. The van der Waals surface area contributed by atoms with Crippen molar-refractivity contribution in [2.24, 2.45) is 12.0 Å². The quantitative estimate of drug-likeness (QED) is 0.598. The highest BCUT2D eigenvalue weighted by atomic mass is 32.2. The van der Waals surface area contributed by atoms with Gasteiger partial charge in [-0.1, -0.05) is 17.8 Å². The van der Waals surface area contributed by atoms with Gasteiger partial charge in [0.1, 0.15) is 5.75 Å². The molecule has 1 fully saturated rings. The summed E-state index contributed by atoms with van der Waals surface area (Å²) in [7, 11) is -0.101. The topological polar surface area (TPSA) is 81.0 Å². The third kappa shape index (κ3) is 4.17. The smallest absolute Gasteiger partial charge is 0.279 e. The fourth-order valence-electron chi connectivity index (χ4n) is 3.83. The Kier molecular flexibility index (Phi) is 6.00. The molecular weight excluding hydrogens is 434 g/mol. The maximum absolute atomic E-state index is 13.0. The van der Waals surface area contributed by atoms with E-state index in [1.165, 1.54) is 35.6 Å². The number of carbonyl (C=O) groups excluding carboxylic acids is 1. The molecule has 1 saturated heterocycles. The molecule has 9 heteroatoms.